The van der Waals surface area contributed by atoms with E-state index in [-0.39, 0.29) is 18.2 Å². The van der Waals surface area contributed by atoms with Gasteiger partial charge in [0.15, 0.2) is 5.69 Å². The van der Waals surface area contributed by atoms with E-state index in [1.165, 1.54) is 24.3 Å². The van der Waals surface area contributed by atoms with Crippen LogP contribution in [0.15, 0.2) is 29.1 Å². The lowest BCUT2D eigenvalue weighted by Gasteiger charge is -2.32. The predicted molar refractivity (Wildman–Crippen MR) is 90.0 cm³/mol. The lowest BCUT2D eigenvalue weighted by molar-refractivity contribution is 0.0489. The van der Waals surface area contributed by atoms with E-state index >= 15 is 0 Å². The molecule has 138 valence electrons. The minimum atomic E-state index is -0.933. The van der Waals surface area contributed by atoms with Gasteiger partial charge in [-0.3, -0.25) is 9.59 Å². The Kier molecular flexibility index (Phi) is 5.01. The summed E-state index contributed by atoms with van der Waals surface area (Å²) in [6, 6.07) is 5.57. The van der Waals surface area contributed by atoms with Crippen molar-refractivity contribution in [2.45, 2.75) is 24.9 Å². The number of carbonyl (C=O) groups excluding carboxylic acids is 1. The molecule has 1 amide bonds. The standard InChI is InChI=1S/C17H19FN4O4/c18-11-3-1-10(2-4-11)9-20-14(24)12-13(23)15(25)22-16(21-12)17(19)5-7-26-8-6-17/h1-4,23H,5-9,19H2,(H,20,24)(H,21,22,25). The molecule has 1 aromatic heterocycles. The van der Waals surface area contributed by atoms with Crippen molar-refractivity contribution in [2.24, 2.45) is 5.73 Å². The second-order valence-corrected chi connectivity index (χ2v) is 6.19. The molecule has 26 heavy (non-hydrogen) atoms. The van der Waals surface area contributed by atoms with Gasteiger partial charge in [-0.25, -0.2) is 9.37 Å². The molecule has 3 rings (SSSR count). The fraction of sp³-hybridized carbons (Fsp3) is 0.353. The number of nitrogens with one attached hydrogen (secondary N) is 2. The van der Waals surface area contributed by atoms with E-state index in [9.17, 15) is 19.1 Å². The zero-order valence-electron chi connectivity index (χ0n) is 13.9. The summed E-state index contributed by atoms with van der Waals surface area (Å²) >= 11 is 0. The molecule has 1 aromatic carbocycles. The number of ether oxygens (including phenoxy) is 1. The first-order valence-corrected chi connectivity index (χ1v) is 8.12. The maximum absolute atomic E-state index is 12.9. The molecule has 9 heteroatoms. The fourth-order valence-corrected chi connectivity index (χ4v) is 2.70. The lowest BCUT2D eigenvalue weighted by atomic mass is 9.90. The molecule has 0 spiro atoms. The number of halogens is 1. The highest BCUT2D eigenvalue weighted by molar-refractivity contribution is 5.94. The number of rotatable bonds is 4. The highest BCUT2D eigenvalue weighted by Gasteiger charge is 2.34. The summed E-state index contributed by atoms with van der Waals surface area (Å²) in [5.74, 6) is -1.75. The number of hydrogen-bond acceptors (Lipinski definition) is 6. The number of hydrogen-bond donors (Lipinski definition) is 4. The van der Waals surface area contributed by atoms with Crippen LogP contribution in [0.25, 0.3) is 0 Å². The average Bonchev–Trinajstić information content (AvgIpc) is 2.63. The number of H-pyrrole nitrogens is 1. The number of amides is 1. The first-order chi connectivity index (χ1) is 12.4. The van der Waals surface area contributed by atoms with Crippen LogP contribution in [0.5, 0.6) is 5.75 Å². The van der Waals surface area contributed by atoms with Crippen LogP contribution in [-0.4, -0.2) is 34.2 Å². The SMILES string of the molecule is NC1(c2nc(C(=O)NCc3ccc(F)cc3)c(O)c(=O)[nH]2)CCOCC1. The van der Waals surface area contributed by atoms with Crippen molar-refractivity contribution in [3.8, 4) is 5.75 Å². The van der Waals surface area contributed by atoms with Crippen LogP contribution >= 0.6 is 0 Å². The van der Waals surface area contributed by atoms with E-state index in [4.69, 9.17) is 10.5 Å². The Morgan fingerprint density at radius 1 is 1.35 bits per heavy atom. The summed E-state index contributed by atoms with van der Waals surface area (Å²) in [5.41, 5.74) is 4.77. The van der Waals surface area contributed by atoms with Gasteiger partial charge < -0.3 is 25.9 Å². The molecule has 0 unspecified atom stereocenters. The van der Waals surface area contributed by atoms with E-state index in [2.05, 4.69) is 15.3 Å². The van der Waals surface area contributed by atoms with Gasteiger partial charge in [-0.05, 0) is 30.5 Å². The first-order valence-electron chi connectivity index (χ1n) is 8.12. The average molecular weight is 362 g/mol. The van der Waals surface area contributed by atoms with Crippen LogP contribution in [0.1, 0.15) is 34.7 Å². The molecule has 0 radical (unpaired) electrons. The number of aromatic nitrogens is 2. The van der Waals surface area contributed by atoms with E-state index < -0.39 is 28.4 Å². The fourth-order valence-electron chi connectivity index (χ4n) is 2.70. The second kappa shape index (κ2) is 7.22. The summed E-state index contributed by atoms with van der Waals surface area (Å²) in [6.45, 7) is 0.907. The normalized spacial score (nSPS) is 16.2. The van der Waals surface area contributed by atoms with Gasteiger partial charge in [-0.1, -0.05) is 12.1 Å². The molecule has 2 heterocycles. The maximum atomic E-state index is 12.9. The first kappa shape index (κ1) is 18.0. The Balaban J connectivity index is 1.82. The molecule has 1 saturated heterocycles. The number of benzene rings is 1. The van der Waals surface area contributed by atoms with Crippen molar-refractivity contribution in [1.29, 1.82) is 0 Å². The van der Waals surface area contributed by atoms with Crippen molar-refractivity contribution < 1.29 is 19.0 Å². The van der Waals surface area contributed by atoms with E-state index in [0.717, 1.165) is 0 Å². The van der Waals surface area contributed by atoms with E-state index in [1.54, 1.807) is 0 Å². The Morgan fingerprint density at radius 2 is 2.00 bits per heavy atom. The molecule has 8 nitrogen and oxygen atoms in total. The summed E-state index contributed by atoms with van der Waals surface area (Å²) < 4.78 is 18.2. The molecular weight excluding hydrogens is 343 g/mol. The van der Waals surface area contributed by atoms with Crippen molar-refractivity contribution in [2.75, 3.05) is 13.2 Å². The summed E-state index contributed by atoms with van der Waals surface area (Å²) in [7, 11) is 0. The third-order valence-corrected chi connectivity index (χ3v) is 4.33. The van der Waals surface area contributed by atoms with Gasteiger partial charge in [0, 0.05) is 19.8 Å². The van der Waals surface area contributed by atoms with Gasteiger partial charge in [0.1, 0.15) is 11.6 Å². The van der Waals surface area contributed by atoms with Gasteiger partial charge >= 0.3 is 0 Å². The number of aromatic amines is 1. The zero-order chi connectivity index (χ0) is 18.7. The summed E-state index contributed by atoms with van der Waals surface area (Å²) in [5, 5.41) is 12.5. The molecule has 2 aromatic rings. The molecule has 5 N–H and O–H groups in total. The molecule has 1 aliphatic heterocycles. The van der Waals surface area contributed by atoms with Crippen molar-refractivity contribution in [1.82, 2.24) is 15.3 Å². The molecule has 1 aliphatic rings. The second-order valence-electron chi connectivity index (χ2n) is 6.19. The van der Waals surface area contributed by atoms with Crippen LogP contribution in [0.3, 0.4) is 0 Å². The predicted octanol–water partition coefficient (Wildman–Crippen LogP) is 0.509. The van der Waals surface area contributed by atoms with Crippen LogP contribution in [0.4, 0.5) is 4.39 Å². The van der Waals surface area contributed by atoms with Crippen molar-refractivity contribution >= 4 is 5.91 Å². The minimum Gasteiger partial charge on any atom is -0.501 e. The van der Waals surface area contributed by atoms with Gasteiger partial charge in [0.2, 0.25) is 5.75 Å². The van der Waals surface area contributed by atoms with E-state index in [1.807, 2.05) is 0 Å². The quantitative estimate of drug-likeness (QED) is 0.627. The van der Waals surface area contributed by atoms with Gasteiger partial charge in [0.25, 0.3) is 11.5 Å². The van der Waals surface area contributed by atoms with Crippen LogP contribution in [0, 0.1) is 5.82 Å². The van der Waals surface area contributed by atoms with Crippen LogP contribution in [-0.2, 0) is 16.8 Å². The van der Waals surface area contributed by atoms with Crippen LogP contribution < -0.4 is 16.6 Å². The topological polar surface area (TPSA) is 130 Å². The Morgan fingerprint density at radius 3 is 2.65 bits per heavy atom. The summed E-state index contributed by atoms with van der Waals surface area (Å²) in [6.07, 6.45) is 0.856. The lowest BCUT2D eigenvalue weighted by Crippen LogP contribution is -2.45. The largest absolute Gasteiger partial charge is 0.501 e. The highest BCUT2D eigenvalue weighted by atomic mass is 19.1. The Hall–Kier alpha value is -2.78. The van der Waals surface area contributed by atoms with Crippen molar-refractivity contribution in [3.63, 3.8) is 0 Å². The van der Waals surface area contributed by atoms with Gasteiger partial charge in [0.05, 0.1) is 5.54 Å². The van der Waals surface area contributed by atoms with E-state index in [0.29, 0.717) is 31.6 Å². The third kappa shape index (κ3) is 3.73. The number of aromatic hydroxyl groups is 1. The monoisotopic (exact) mass is 362 g/mol. The molecule has 1 fully saturated rings. The molecular formula is C17H19FN4O4. The third-order valence-electron chi connectivity index (χ3n) is 4.33. The maximum Gasteiger partial charge on any atom is 0.293 e. The number of nitrogens with two attached hydrogens (primary N) is 1. The van der Waals surface area contributed by atoms with Crippen LogP contribution in [0.2, 0.25) is 0 Å². The van der Waals surface area contributed by atoms with Crippen molar-refractivity contribution in [3.05, 3.63) is 57.5 Å². The van der Waals surface area contributed by atoms with Gasteiger partial charge in [-0.15, -0.1) is 0 Å². The smallest absolute Gasteiger partial charge is 0.293 e. The number of carbonyl (C=O) groups is 1. The van der Waals surface area contributed by atoms with Gasteiger partial charge in [-0.2, -0.15) is 0 Å². The molecule has 0 atom stereocenters. The number of nitrogens with zero attached hydrogens (tertiary/aromatic N) is 1. The molecule has 0 saturated carbocycles. The zero-order valence-corrected chi connectivity index (χ0v) is 13.9. The molecule has 0 bridgehead atoms. The Labute approximate surface area is 148 Å². The minimum absolute atomic E-state index is 0.0873. The molecule has 0 aliphatic carbocycles. The Bertz CT molecular complexity index is 860. The highest BCUT2D eigenvalue weighted by Crippen LogP contribution is 2.27. The summed E-state index contributed by atoms with van der Waals surface area (Å²) in [4.78, 5) is 30.9.